The van der Waals surface area contributed by atoms with Crippen molar-refractivity contribution in [1.29, 1.82) is 0 Å². The Kier molecular flexibility index (Phi) is 6.07. The molecular weight excluding hydrogens is 414 g/mol. The maximum absolute atomic E-state index is 12.4. The molecule has 0 aliphatic carbocycles. The number of sulfonamides is 1. The lowest BCUT2D eigenvalue weighted by molar-refractivity contribution is -0.141. The minimum absolute atomic E-state index is 0.0131. The maximum Gasteiger partial charge on any atom is 0.289 e. The van der Waals surface area contributed by atoms with Gasteiger partial charge < -0.3 is 4.90 Å². The summed E-state index contributed by atoms with van der Waals surface area (Å²) >= 11 is 0.975. The molecule has 1 N–H and O–H groups in total. The molecule has 158 valence electrons. The van der Waals surface area contributed by atoms with Gasteiger partial charge in [0.15, 0.2) is 0 Å². The van der Waals surface area contributed by atoms with Gasteiger partial charge in [-0.3, -0.25) is 19.3 Å². The van der Waals surface area contributed by atoms with Crippen LogP contribution in [-0.4, -0.2) is 66.7 Å². The molecule has 2 aliphatic heterocycles. The Morgan fingerprint density at radius 3 is 2.31 bits per heavy atom. The molecule has 0 aromatic heterocycles. The van der Waals surface area contributed by atoms with E-state index in [1.165, 1.54) is 9.80 Å². The van der Waals surface area contributed by atoms with Crippen LogP contribution in [0.3, 0.4) is 0 Å². The van der Waals surface area contributed by atoms with Crippen LogP contribution in [-0.2, 0) is 25.0 Å². The second-order valence-corrected chi connectivity index (χ2v) is 10.9. The lowest BCUT2D eigenvalue weighted by Crippen LogP contribution is -2.62. The SMILES string of the molecule is CC(C)(C)c1ccc(S(=O)(=O)NCCC(=O)N2CC(N3C(=O)CSC3=O)C2)cc1. The van der Waals surface area contributed by atoms with Gasteiger partial charge in [0.1, 0.15) is 0 Å². The fourth-order valence-electron chi connectivity index (χ4n) is 3.21. The van der Waals surface area contributed by atoms with Crippen molar-refractivity contribution < 1.29 is 22.8 Å². The van der Waals surface area contributed by atoms with E-state index in [4.69, 9.17) is 0 Å². The molecule has 0 saturated carbocycles. The Labute approximate surface area is 175 Å². The fourth-order valence-corrected chi connectivity index (χ4v) is 5.02. The van der Waals surface area contributed by atoms with Gasteiger partial charge in [-0.25, -0.2) is 13.1 Å². The van der Waals surface area contributed by atoms with E-state index in [0.717, 1.165) is 17.3 Å². The van der Waals surface area contributed by atoms with Gasteiger partial charge in [0.05, 0.1) is 16.7 Å². The van der Waals surface area contributed by atoms with Crippen LogP contribution in [0.5, 0.6) is 0 Å². The monoisotopic (exact) mass is 439 g/mol. The highest BCUT2D eigenvalue weighted by Crippen LogP contribution is 2.26. The predicted octanol–water partition coefficient (Wildman–Crippen LogP) is 1.56. The minimum Gasteiger partial charge on any atom is -0.338 e. The third kappa shape index (κ3) is 4.81. The molecule has 0 radical (unpaired) electrons. The van der Waals surface area contributed by atoms with E-state index in [1.54, 1.807) is 24.3 Å². The molecule has 0 unspecified atom stereocenters. The molecule has 29 heavy (non-hydrogen) atoms. The summed E-state index contributed by atoms with van der Waals surface area (Å²) in [5.41, 5.74) is 0.965. The first kappa shape index (κ1) is 21.8. The van der Waals surface area contributed by atoms with Crippen LogP contribution < -0.4 is 4.72 Å². The molecule has 10 heteroatoms. The van der Waals surface area contributed by atoms with Crippen molar-refractivity contribution in [2.75, 3.05) is 25.4 Å². The summed E-state index contributed by atoms with van der Waals surface area (Å²) in [6.07, 6.45) is 0.0165. The quantitative estimate of drug-likeness (QED) is 0.721. The van der Waals surface area contributed by atoms with Crippen LogP contribution in [0, 0.1) is 0 Å². The van der Waals surface area contributed by atoms with Crippen molar-refractivity contribution in [2.24, 2.45) is 0 Å². The molecule has 3 rings (SSSR count). The number of nitrogens with one attached hydrogen (secondary N) is 1. The zero-order chi connectivity index (χ0) is 21.4. The summed E-state index contributed by atoms with van der Waals surface area (Å²) in [6, 6.07) is 6.44. The van der Waals surface area contributed by atoms with Crippen LogP contribution >= 0.6 is 11.8 Å². The Hall–Kier alpha value is -1.91. The van der Waals surface area contributed by atoms with Crippen LogP contribution in [0.15, 0.2) is 29.2 Å². The van der Waals surface area contributed by atoms with Crippen molar-refractivity contribution in [3.63, 3.8) is 0 Å². The maximum atomic E-state index is 12.4. The zero-order valence-corrected chi connectivity index (χ0v) is 18.3. The molecule has 0 spiro atoms. The van der Waals surface area contributed by atoms with Crippen LogP contribution in [0.2, 0.25) is 0 Å². The second-order valence-electron chi connectivity index (χ2n) is 8.19. The lowest BCUT2D eigenvalue weighted by atomic mass is 9.87. The summed E-state index contributed by atoms with van der Waals surface area (Å²) < 4.78 is 27.3. The zero-order valence-electron chi connectivity index (χ0n) is 16.7. The number of imide groups is 1. The predicted molar refractivity (Wildman–Crippen MR) is 110 cm³/mol. The summed E-state index contributed by atoms with van der Waals surface area (Å²) in [6.45, 7) is 6.75. The molecule has 2 heterocycles. The molecule has 2 fully saturated rings. The lowest BCUT2D eigenvalue weighted by Gasteiger charge is -2.42. The van der Waals surface area contributed by atoms with E-state index in [2.05, 4.69) is 25.5 Å². The van der Waals surface area contributed by atoms with Gasteiger partial charge in [-0.15, -0.1) is 0 Å². The van der Waals surface area contributed by atoms with Gasteiger partial charge in [0, 0.05) is 26.1 Å². The molecule has 1 aromatic rings. The van der Waals surface area contributed by atoms with Gasteiger partial charge in [-0.2, -0.15) is 0 Å². The van der Waals surface area contributed by atoms with Crippen LogP contribution in [0.1, 0.15) is 32.8 Å². The molecule has 1 aromatic carbocycles. The summed E-state index contributed by atoms with van der Waals surface area (Å²) in [5, 5.41) is -0.266. The topological polar surface area (TPSA) is 104 Å². The van der Waals surface area contributed by atoms with Gasteiger partial charge in [-0.1, -0.05) is 44.7 Å². The highest BCUT2D eigenvalue weighted by atomic mass is 32.2. The summed E-state index contributed by atoms with van der Waals surface area (Å²) in [4.78, 5) is 38.5. The molecule has 0 atom stereocenters. The number of carbonyl (C=O) groups is 3. The number of benzene rings is 1. The number of rotatable bonds is 6. The smallest absolute Gasteiger partial charge is 0.289 e. The molecule has 2 saturated heterocycles. The van der Waals surface area contributed by atoms with E-state index in [-0.39, 0.29) is 52.1 Å². The van der Waals surface area contributed by atoms with E-state index < -0.39 is 10.0 Å². The Balaban J connectivity index is 1.46. The van der Waals surface area contributed by atoms with Crippen molar-refractivity contribution >= 4 is 38.8 Å². The fraction of sp³-hybridized carbons (Fsp3) is 0.526. The third-order valence-electron chi connectivity index (χ3n) is 5.03. The Bertz CT molecular complexity index is 900. The van der Waals surface area contributed by atoms with Crippen LogP contribution in [0.25, 0.3) is 0 Å². The molecule has 3 amide bonds. The average Bonchev–Trinajstić information content (AvgIpc) is 2.92. The van der Waals surface area contributed by atoms with Gasteiger partial charge in [0.25, 0.3) is 5.24 Å². The number of likely N-dealkylation sites (tertiary alicyclic amines) is 1. The normalized spacial score (nSPS) is 18.3. The van der Waals surface area contributed by atoms with E-state index in [9.17, 15) is 22.8 Å². The number of hydrogen-bond acceptors (Lipinski definition) is 6. The minimum atomic E-state index is -3.69. The molecule has 2 aliphatic rings. The average molecular weight is 440 g/mol. The molecule has 8 nitrogen and oxygen atoms in total. The van der Waals surface area contributed by atoms with Crippen molar-refractivity contribution in [3.8, 4) is 0 Å². The highest BCUT2D eigenvalue weighted by molar-refractivity contribution is 8.14. The number of hydrogen-bond donors (Lipinski definition) is 1. The number of nitrogens with zero attached hydrogens (tertiary/aromatic N) is 2. The van der Waals surface area contributed by atoms with Gasteiger partial charge in [0.2, 0.25) is 21.8 Å². The van der Waals surface area contributed by atoms with E-state index >= 15 is 0 Å². The summed E-state index contributed by atoms with van der Waals surface area (Å²) in [7, 11) is -3.69. The van der Waals surface area contributed by atoms with Crippen molar-refractivity contribution in [2.45, 2.75) is 43.5 Å². The van der Waals surface area contributed by atoms with Crippen molar-refractivity contribution in [1.82, 2.24) is 14.5 Å². The van der Waals surface area contributed by atoms with Crippen molar-refractivity contribution in [3.05, 3.63) is 29.8 Å². The van der Waals surface area contributed by atoms with E-state index in [1.807, 2.05) is 0 Å². The molecule has 0 bridgehead atoms. The number of carbonyl (C=O) groups excluding carboxylic acids is 3. The van der Waals surface area contributed by atoms with Crippen LogP contribution in [0.4, 0.5) is 4.79 Å². The number of amides is 3. The Morgan fingerprint density at radius 2 is 1.79 bits per heavy atom. The number of thioether (sulfide) groups is 1. The Morgan fingerprint density at radius 1 is 1.17 bits per heavy atom. The highest BCUT2D eigenvalue weighted by Gasteiger charge is 2.43. The van der Waals surface area contributed by atoms with Gasteiger partial charge in [-0.05, 0) is 23.1 Å². The second kappa shape index (κ2) is 8.08. The first-order chi connectivity index (χ1) is 13.5. The molecular formula is C19H25N3O5S2. The summed E-state index contributed by atoms with van der Waals surface area (Å²) in [5.74, 6) is -0.275. The largest absolute Gasteiger partial charge is 0.338 e. The third-order valence-corrected chi connectivity index (χ3v) is 7.34. The van der Waals surface area contributed by atoms with Gasteiger partial charge >= 0.3 is 0 Å². The standard InChI is InChI=1S/C19H25N3O5S2/c1-19(2,3)13-4-6-15(7-5-13)29(26,27)20-9-8-16(23)21-10-14(11-21)22-17(24)12-28-18(22)25/h4-7,14,20H,8-12H2,1-3H3. The first-order valence-corrected chi connectivity index (χ1v) is 11.8. The van der Waals surface area contributed by atoms with E-state index in [0.29, 0.717) is 13.1 Å². The first-order valence-electron chi connectivity index (χ1n) is 9.36.